The maximum atomic E-state index is 12.5. The molecular formula is C12H8BrN2O3S2-. The number of para-hydroxylation sites is 1. The smallest absolute Gasteiger partial charge is 0.257 e. The summed E-state index contributed by atoms with van der Waals surface area (Å²) in [6.45, 7) is 0. The molecule has 2 aliphatic heterocycles. The minimum Gasteiger partial charge on any atom is -0.547 e. The van der Waals surface area contributed by atoms with Crippen molar-refractivity contribution in [3.63, 3.8) is 0 Å². The summed E-state index contributed by atoms with van der Waals surface area (Å²) in [6.07, 6.45) is 0. The number of rotatable bonds is 2. The van der Waals surface area contributed by atoms with E-state index in [4.69, 9.17) is 12.2 Å². The Bertz CT molecular complexity index is 624. The number of carboxylic acids is 1. The fraction of sp³-hybridized carbons (Fsp3) is 0.250. The van der Waals surface area contributed by atoms with Gasteiger partial charge in [-0.25, -0.2) is 0 Å². The molecule has 2 saturated heterocycles. The number of aliphatic carboxylic acids is 1. The number of carbonyl (C=O) groups is 2. The molecule has 0 unspecified atom stereocenters. The van der Waals surface area contributed by atoms with Crippen molar-refractivity contribution in [2.75, 3.05) is 10.7 Å². The van der Waals surface area contributed by atoms with Crippen molar-refractivity contribution in [2.24, 2.45) is 0 Å². The molecule has 8 heteroatoms. The summed E-state index contributed by atoms with van der Waals surface area (Å²) >= 11 is 9.85. The molecule has 2 fully saturated rings. The van der Waals surface area contributed by atoms with Crippen LogP contribution in [-0.4, -0.2) is 39.1 Å². The van der Waals surface area contributed by atoms with E-state index in [2.05, 4.69) is 15.9 Å². The number of nitrogens with zero attached hydrogens (tertiary/aromatic N) is 2. The van der Waals surface area contributed by atoms with Crippen molar-refractivity contribution < 1.29 is 14.7 Å². The van der Waals surface area contributed by atoms with Crippen LogP contribution in [0, 0.1) is 0 Å². The average molecular weight is 372 g/mol. The normalized spacial score (nSPS) is 25.2. The molecule has 0 N–H and O–H groups in total. The standard InChI is InChI=1S/C12H9BrN2O3S2/c13-6-3-1-2-4-7(6)14-9(16)8-5-20-10(11(17)18)15(8)12(14)19/h1-4,8,10H,5H2,(H,17,18)/p-1/t8-,10-/m0/s1. The van der Waals surface area contributed by atoms with Crippen molar-refractivity contribution in [1.29, 1.82) is 0 Å². The number of amides is 1. The molecule has 1 aromatic rings. The molecule has 104 valence electrons. The fourth-order valence-electron chi connectivity index (χ4n) is 2.33. The number of anilines is 1. The van der Waals surface area contributed by atoms with E-state index in [1.54, 1.807) is 18.2 Å². The molecule has 1 amide bonds. The lowest BCUT2D eigenvalue weighted by atomic mass is 10.2. The van der Waals surface area contributed by atoms with E-state index in [-0.39, 0.29) is 11.0 Å². The Labute approximate surface area is 133 Å². The highest BCUT2D eigenvalue weighted by Crippen LogP contribution is 2.39. The molecule has 5 nitrogen and oxygen atoms in total. The number of fused-ring (bicyclic) bond motifs is 1. The zero-order chi connectivity index (χ0) is 14.4. The first-order valence-corrected chi connectivity index (χ1v) is 8.00. The Morgan fingerprint density at radius 1 is 1.45 bits per heavy atom. The fourth-order valence-corrected chi connectivity index (χ4v) is 4.49. The molecule has 2 heterocycles. The SMILES string of the molecule is O=C([O-])[C@@H]1SC[C@H]2C(=O)N(c3ccccc3Br)C(=S)N21. The third-order valence-corrected chi connectivity index (χ3v) is 5.52. The monoisotopic (exact) mass is 371 g/mol. The van der Waals surface area contributed by atoms with Crippen LogP contribution in [0.5, 0.6) is 0 Å². The summed E-state index contributed by atoms with van der Waals surface area (Å²) in [4.78, 5) is 26.4. The zero-order valence-electron chi connectivity index (χ0n) is 9.98. The van der Waals surface area contributed by atoms with Crippen LogP contribution in [0.3, 0.4) is 0 Å². The van der Waals surface area contributed by atoms with Gasteiger partial charge >= 0.3 is 0 Å². The molecule has 0 aromatic heterocycles. The molecule has 0 spiro atoms. The van der Waals surface area contributed by atoms with Crippen molar-refractivity contribution >= 4 is 62.6 Å². The zero-order valence-corrected chi connectivity index (χ0v) is 13.2. The molecule has 1 aromatic carbocycles. The van der Waals surface area contributed by atoms with Gasteiger partial charge in [0.15, 0.2) is 5.11 Å². The van der Waals surface area contributed by atoms with Crippen molar-refractivity contribution in [1.82, 2.24) is 4.90 Å². The molecule has 0 saturated carbocycles. The second-order valence-corrected chi connectivity index (χ2v) is 6.67. The number of hydrogen-bond acceptors (Lipinski definition) is 5. The Morgan fingerprint density at radius 3 is 2.80 bits per heavy atom. The van der Waals surface area contributed by atoms with Crippen LogP contribution in [0.2, 0.25) is 0 Å². The summed E-state index contributed by atoms with van der Waals surface area (Å²) in [5.41, 5.74) is 0.624. The molecule has 20 heavy (non-hydrogen) atoms. The summed E-state index contributed by atoms with van der Waals surface area (Å²) in [7, 11) is 0. The predicted molar refractivity (Wildman–Crippen MR) is 81.1 cm³/mol. The van der Waals surface area contributed by atoms with Crippen LogP contribution in [0.25, 0.3) is 0 Å². The summed E-state index contributed by atoms with van der Waals surface area (Å²) < 4.78 is 0.731. The summed E-state index contributed by atoms with van der Waals surface area (Å²) in [5.74, 6) is -1.02. The minimum absolute atomic E-state index is 0.196. The molecule has 0 bridgehead atoms. The van der Waals surface area contributed by atoms with Crippen LogP contribution < -0.4 is 10.0 Å². The topological polar surface area (TPSA) is 63.7 Å². The van der Waals surface area contributed by atoms with E-state index < -0.39 is 17.4 Å². The van der Waals surface area contributed by atoms with Gasteiger partial charge < -0.3 is 14.8 Å². The van der Waals surface area contributed by atoms with Crippen molar-refractivity contribution in [3.8, 4) is 0 Å². The third kappa shape index (κ3) is 1.94. The number of thiocarbonyl (C=S) groups is 1. The van der Waals surface area contributed by atoms with E-state index in [0.717, 1.165) is 4.47 Å². The first kappa shape index (κ1) is 13.8. The van der Waals surface area contributed by atoms with E-state index in [1.807, 2.05) is 6.07 Å². The van der Waals surface area contributed by atoms with Gasteiger partial charge in [-0.3, -0.25) is 9.69 Å². The molecule has 3 rings (SSSR count). The Morgan fingerprint density at radius 2 is 2.15 bits per heavy atom. The van der Waals surface area contributed by atoms with Crippen LogP contribution in [0.15, 0.2) is 28.7 Å². The van der Waals surface area contributed by atoms with Gasteiger partial charge in [-0.15, -0.1) is 11.8 Å². The van der Waals surface area contributed by atoms with E-state index in [0.29, 0.717) is 11.4 Å². The second kappa shape index (κ2) is 5.01. The number of thioether (sulfide) groups is 1. The van der Waals surface area contributed by atoms with Crippen molar-refractivity contribution in [3.05, 3.63) is 28.7 Å². The minimum atomic E-state index is -1.22. The summed E-state index contributed by atoms with van der Waals surface area (Å²) in [5, 5.41) is 10.4. The quantitative estimate of drug-likeness (QED) is 0.708. The van der Waals surface area contributed by atoms with E-state index in [9.17, 15) is 14.7 Å². The Kier molecular flexibility index (Phi) is 3.47. The second-order valence-electron chi connectivity index (χ2n) is 4.34. The van der Waals surface area contributed by atoms with Gasteiger partial charge in [0.05, 0.1) is 11.7 Å². The first-order valence-electron chi connectivity index (χ1n) is 5.75. The molecule has 0 aliphatic carbocycles. The van der Waals surface area contributed by atoms with Crippen LogP contribution >= 0.6 is 39.9 Å². The maximum absolute atomic E-state index is 12.5. The highest BCUT2D eigenvalue weighted by atomic mass is 79.9. The largest absolute Gasteiger partial charge is 0.547 e. The van der Waals surface area contributed by atoms with Gasteiger partial charge in [-0.2, -0.15) is 0 Å². The summed E-state index contributed by atoms with van der Waals surface area (Å²) in [6, 6.07) is 6.67. The lowest BCUT2D eigenvalue weighted by Gasteiger charge is -2.26. The van der Waals surface area contributed by atoms with Gasteiger partial charge in [0.25, 0.3) is 5.91 Å². The Hall–Kier alpha value is -1.12. The first-order chi connectivity index (χ1) is 9.52. The van der Waals surface area contributed by atoms with Crippen molar-refractivity contribution in [2.45, 2.75) is 11.4 Å². The molecule has 2 atom stereocenters. The Balaban J connectivity index is 2.01. The predicted octanol–water partition coefficient (Wildman–Crippen LogP) is 0.574. The third-order valence-electron chi connectivity index (χ3n) is 3.21. The van der Waals surface area contributed by atoms with Gasteiger partial charge in [-0.1, -0.05) is 12.1 Å². The van der Waals surface area contributed by atoms with Gasteiger partial charge in [0, 0.05) is 10.2 Å². The number of hydrogen-bond donors (Lipinski definition) is 0. The van der Waals surface area contributed by atoms with Crippen LogP contribution in [-0.2, 0) is 9.59 Å². The molecular weight excluding hydrogens is 364 g/mol. The van der Waals surface area contributed by atoms with Gasteiger partial charge in [0.1, 0.15) is 11.4 Å². The van der Waals surface area contributed by atoms with Gasteiger partial charge in [0.2, 0.25) is 0 Å². The lowest BCUT2D eigenvalue weighted by molar-refractivity contribution is -0.307. The lowest BCUT2D eigenvalue weighted by Crippen LogP contribution is -2.46. The van der Waals surface area contributed by atoms with Crippen LogP contribution in [0.4, 0.5) is 5.69 Å². The number of carboxylic acid groups (broad SMARTS) is 1. The maximum Gasteiger partial charge on any atom is 0.257 e. The number of halogens is 1. The van der Waals surface area contributed by atoms with Crippen LogP contribution in [0.1, 0.15) is 0 Å². The van der Waals surface area contributed by atoms with E-state index >= 15 is 0 Å². The highest BCUT2D eigenvalue weighted by Gasteiger charge is 2.51. The molecule has 0 radical (unpaired) electrons. The molecule has 2 aliphatic rings. The number of benzene rings is 1. The highest BCUT2D eigenvalue weighted by molar-refractivity contribution is 9.10. The number of carbonyl (C=O) groups excluding carboxylic acids is 2. The van der Waals surface area contributed by atoms with E-state index in [1.165, 1.54) is 21.6 Å². The van der Waals surface area contributed by atoms with Gasteiger partial charge in [-0.05, 0) is 40.3 Å². The average Bonchev–Trinajstić information content (AvgIpc) is 2.93.